The van der Waals surface area contributed by atoms with Gasteiger partial charge in [-0.15, -0.1) is 0 Å². The summed E-state index contributed by atoms with van der Waals surface area (Å²) in [5, 5.41) is 21.2. The van der Waals surface area contributed by atoms with E-state index in [9.17, 15) is 14.7 Å². The predicted octanol–water partition coefficient (Wildman–Crippen LogP) is 0.482. The van der Waals surface area contributed by atoms with Crippen LogP contribution in [0.2, 0.25) is 0 Å². The van der Waals surface area contributed by atoms with E-state index in [1.165, 1.54) is 12.1 Å². The first-order valence-electron chi connectivity index (χ1n) is 5.34. The van der Waals surface area contributed by atoms with Crippen molar-refractivity contribution in [3.8, 4) is 11.5 Å². The number of hydrogen-bond donors (Lipinski definition) is 4. The second-order valence-electron chi connectivity index (χ2n) is 4.68. The smallest absolute Gasteiger partial charge is 0.255 e. The molecule has 1 rings (SSSR count). The van der Waals surface area contributed by atoms with Crippen molar-refractivity contribution in [3.05, 3.63) is 23.8 Å². The number of aromatic hydroxyl groups is 2. The number of phenolic OH excluding ortho intramolecular Hbond substituents is 2. The Kier molecular flexibility index (Phi) is 3.80. The monoisotopic (exact) mass is 252 g/mol. The van der Waals surface area contributed by atoms with E-state index in [-0.39, 0.29) is 23.5 Å². The standard InChI is InChI=1S/C12H16N2O4/c1-12(2,6-10(13)17)14-11(18)8-4-3-7(15)5-9(8)16/h3-5,15-16H,6H2,1-2H3,(H2,13,17)(H,14,18). The molecule has 98 valence electrons. The summed E-state index contributed by atoms with van der Waals surface area (Å²) in [6.45, 7) is 3.29. The molecule has 0 aliphatic carbocycles. The van der Waals surface area contributed by atoms with Crippen LogP contribution in [-0.4, -0.2) is 27.6 Å². The summed E-state index contributed by atoms with van der Waals surface area (Å²) < 4.78 is 0. The van der Waals surface area contributed by atoms with Crippen molar-refractivity contribution >= 4 is 11.8 Å². The van der Waals surface area contributed by atoms with E-state index in [0.717, 1.165) is 6.07 Å². The molecule has 2 amide bonds. The normalized spacial score (nSPS) is 11.0. The molecule has 0 aliphatic heterocycles. The molecule has 0 atom stereocenters. The van der Waals surface area contributed by atoms with E-state index in [4.69, 9.17) is 10.8 Å². The van der Waals surface area contributed by atoms with Crippen LogP contribution in [0.25, 0.3) is 0 Å². The Bertz CT molecular complexity index is 483. The first-order valence-corrected chi connectivity index (χ1v) is 5.34. The highest BCUT2D eigenvalue weighted by molar-refractivity contribution is 5.97. The molecule has 0 fully saturated rings. The van der Waals surface area contributed by atoms with Gasteiger partial charge in [-0.25, -0.2) is 0 Å². The zero-order valence-corrected chi connectivity index (χ0v) is 10.2. The Morgan fingerprint density at radius 2 is 1.94 bits per heavy atom. The second-order valence-corrected chi connectivity index (χ2v) is 4.68. The van der Waals surface area contributed by atoms with Crippen molar-refractivity contribution < 1.29 is 19.8 Å². The lowest BCUT2D eigenvalue weighted by molar-refractivity contribution is -0.119. The van der Waals surface area contributed by atoms with Crippen molar-refractivity contribution in [1.82, 2.24) is 5.32 Å². The number of primary amides is 1. The van der Waals surface area contributed by atoms with Gasteiger partial charge in [-0.05, 0) is 26.0 Å². The first-order chi connectivity index (χ1) is 8.21. The molecule has 0 heterocycles. The number of amides is 2. The SMILES string of the molecule is CC(C)(CC(N)=O)NC(=O)c1ccc(O)cc1O. The first kappa shape index (κ1) is 13.8. The van der Waals surface area contributed by atoms with Gasteiger partial charge in [-0.3, -0.25) is 9.59 Å². The van der Waals surface area contributed by atoms with Crippen LogP contribution in [0, 0.1) is 0 Å². The topological polar surface area (TPSA) is 113 Å². The molecule has 0 aromatic heterocycles. The lowest BCUT2D eigenvalue weighted by Gasteiger charge is -2.24. The molecule has 0 aliphatic rings. The van der Waals surface area contributed by atoms with E-state index in [1.807, 2.05) is 0 Å². The number of phenols is 2. The summed E-state index contributed by atoms with van der Waals surface area (Å²) in [5.41, 5.74) is 4.28. The number of rotatable bonds is 4. The third-order valence-corrected chi connectivity index (χ3v) is 2.29. The minimum Gasteiger partial charge on any atom is -0.508 e. The van der Waals surface area contributed by atoms with E-state index in [2.05, 4.69) is 5.32 Å². The average Bonchev–Trinajstić information content (AvgIpc) is 2.13. The molecule has 0 unspecified atom stereocenters. The molecule has 1 aromatic rings. The molecule has 0 saturated carbocycles. The third kappa shape index (κ3) is 3.65. The molecular weight excluding hydrogens is 236 g/mol. The maximum Gasteiger partial charge on any atom is 0.255 e. The molecule has 6 heteroatoms. The van der Waals surface area contributed by atoms with Gasteiger partial charge in [0.2, 0.25) is 5.91 Å². The Balaban J connectivity index is 2.85. The van der Waals surface area contributed by atoms with Crippen LogP contribution in [0.15, 0.2) is 18.2 Å². The van der Waals surface area contributed by atoms with Gasteiger partial charge in [-0.2, -0.15) is 0 Å². The van der Waals surface area contributed by atoms with Crippen molar-refractivity contribution in [2.45, 2.75) is 25.8 Å². The average molecular weight is 252 g/mol. The largest absolute Gasteiger partial charge is 0.508 e. The molecule has 0 saturated heterocycles. The molecule has 0 bridgehead atoms. The van der Waals surface area contributed by atoms with Crippen LogP contribution in [0.1, 0.15) is 30.6 Å². The fourth-order valence-electron chi connectivity index (χ4n) is 1.57. The molecule has 0 radical (unpaired) electrons. The van der Waals surface area contributed by atoms with Gasteiger partial charge >= 0.3 is 0 Å². The van der Waals surface area contributed by atoms with Gasteiger partial charge in [0.05, 0.1) is 5.56 Å². The van der Waals surface area contributed by atoms with Crippen molar-refractivity contribution in [3.63, 3.8) is 0 Å². The molecule has 1 aromatic carbocycles. The minimum atomic E-state index is -0.812. The summed E-state index contributed by atoms with van der Waals surface area (Å²) in [5.74, 6) is -1.54. The molecule has 18 heavy (non-hydrogen) atoms. The number of hydrogen-bond acceptors (Lipinski definition) is 4. The van der Waals surface area contributed by atoms with E-state index >= 15 is 0 Å². The highest BCUT2D eigenvalue weighted by Crippen LogP contribution is 2.23. The van der Waals surface area contributed by atoms with Crippen LogP contribution in [0.4, 0.5) is 0 Å². The minimum absolute atomic E-state index is 0.0163. The van der Waals surface area contributed by atoms with Crippen LogP contribution < -0.4 is 11.1 Å². The summed E-state index contributed by atoms with van der Waals surface area (Å²) in [6.07, 6.45) is -0.0163. The van der Waals surface area contributed by atoms with Gasteiger partial charge in [0.25, 0.3) is 5.91 Å². The van der Waals surface area contributed by atoms with Crippen LogP contribution in [0.5, 0.6) is 11.5 Å². The van der Waals surface area contributed by atoms with Crippen molar-refractivity contribution in [1.29, 1.82) is 0 Å². The Morgan fingerprint density at radius 1 is 1.33 bits per heavy atom. The van der Waals surface area contributed by atoms with E-state index in [1.54, 1.807) is 13.8 Å². The molecule has 5 N–H and O–H groups in total. The van der Waals surface area contributed by atoms with Gasteiger partial charge in [0.15, 0.2) is 0 Å². The zero-order chi connectivity index (χ0) is 13.9. The quantitative estimate of drug-likeness (QED) is 0.624. The van der Waals surface area contributed by atoms with E-state index < -0.39 is 17.4 Å². The van der Waals surface area contributed by atoms with Crippen LogP contribution in [-0.2, 0) is 4.79 Å². The summed E-state index contributed by atoms with van der Waals surface area (Å²) >= 11 is 0. The zero-order valence-electron chi connectivity index (χ0n) is 10.2. The molecule has 6 nitrogen and oxygen atoms in total. The second kappa shape index (κ2) is 4.95. The highest BCUT2D eigenvalue weighted by Gasteiger charge is 2.24. The Morgan fingerprint density at radius 3 is 2.44 bits per heavy atom. The van der Waals surface area contributed by atoms with Crippen molar-refractivity contribution in [2.24, 2.45) is 5.73 Å². The third-order valence-electron chi connectivity index (χ3n) is 2.29. The van der Waals surface area contributed by atoms with Gasteiger partial charge in [0, 0.05) is 18.0 Å². The number of nitrogens with two attached hydrogens (primary N) is 1. The predicted molar refractivity (Wildman–Crippen MR) is 65.1 cm³/mol. The van der Waals surface area contributed by atoms with Crippen LogP contribution >= 0.6 is 0 Å². The molecular formula is C12H16N2O4. The maximum atomic E-state index is 11.9. The number of nitrogens with one attached hydrogen (secondary N) is 1. The summed E-state index contributed by atoms with van der Waals surface area (Å²) in [7, 11) is 0. The van der Waals surface area contributed by atoms with Gasteiger partial charge in [0.1, 0.15) is 11.5 Å². The molecule has 0 spiro atoms. The maximum absolute atomic E-state index is 11.9. The van der Waals surface area contributed by atoms with E-state index in [0.29, 0.717) is 0 Å². The summed E-state index contributed by atoms with van der Waals surface area (Å²) in [4.78, 5) is 22.7. The fraction of sp³-hybridized carbons (Fsp3) is 0.333. The van der Waals surface area contributed by atoms with Crippen molar-refractivity contribution in [2.75, 3.05) is 0 Å². The fourth-order valence-corrected chi connectivity index (χ4v) is 1.57. The lowest BCUT2D eigenvalue weighted by atomic mass is 9.99. The number of benzene rings is 1. The van der Waals surface area contributed by atoms with Crippen LogP contribution in [0.3, 0.4) is 0 Å². The van der Waals surface area contributed by atoms with Gasteiger partial charge < -0.3 is 21.3 Å². The summed E-state index contributed by atoms with van der Waals surface area (Å²) in [6, 6.07) is 3.64. The Hall–Kier alpha value is -2.24. The Labute approximate surface area is 104 Å². The van der Waals surface area contributed by atoms with Gasteiger partial charge in [-0.1, -0.05) is 0 Å². The number of carbonyl (C=O) groups excluding carboxylic acids is 2. The number of carbonyl (C=O) groups is 2. The highest BCUT2D eigenvalue weighted by atomic mass is 16.3. The lowest BCUT2D eigenvalue weighted by Crippen LogP contribution is -2.46.